The number of carbonyl (C=O) groups excluding carboxylic acids is 1. The number of ketones is 1. The Labute approximate surface area is 95.6 Å². The topological polar surface area (TPSA) is 37.3 Å². The van der Waals surface area contributed by atoms with Gasteiger partial charge < -0.3 is 5.11 Å². The molecule has 0 spiro atoms. The number of benzene rings is 1. The van der Waals surface area contributed by atoms with E-state index in [-0.39, 0.29) is 17.5 Å². The van der Waals surface area contributed by atoms with Crippen LogP contribution in [-0.2, 0) is 4.79 Å². The second-order valence-corrected chi connectivity index (χ2v) is 4.57. The van der Waals surface area contributed by atoms with Crippen LogP contribution < -0.4 is 0 Å². The van der Waals surface area contributed by atoms with E-state index in [9.17, 15) is 9.90 Å². The summed E-state index contributed by atoms with van der Waals surface area (Å²) in [5.74, 6) is 0.370. The normalized spacial score (nSPS) is 20.8. The lowest BCUT2D eigenvalue weighted by atomic mass is 9.83. The summed E-state index contributed by atoms with van der Waals surface area (Å²) < 4.78 is 0. The third-order valence-electron chi connectivity index (χ3n) is 3.11. The molecule has 0 saturated heterocycles. The quantitative estimate of drug-likeness (QED) is 0.782. The molecule has 1 atom stereocenters. The third-order valence-corrected chi connectivity index (χ3v) is 3.11. The second kappa shape index (κ2) is 4.12. The molecule has 2 rings (SSSR count). The van der Waals surface area contributed by atoms with Gasteiger partial charge in [-0.05, 0) is 30.9 Å². The summed E-state index contributed by atoms with van der Waals surface area (Å²) in [7, 11) is 0. The highest BCUT2D eigenvalue weighted by Crippen LogP contribution is 2.32. The minimum absolute atomic E-state index is 0.0228. The first kappa shape index (κ1) is 10.9. The highest BCUT2D eigenvalue weighted by Gasteiger charge is 2.23. The van der Waals surface area contributed by atoms with Gasteiger partial charge in [0.05, 0.1) is 5.76 Å². The molecule has 2 nitrogen and oxygen atoms in total. The van der Waals surface area contributed by atoms with Crippen molar-refractivity contribution in [2.24, 2.45) is 0 Å². The molecular weight excluding hydrogens is 200 g/mol. The second-order valence-electron chi connectivity index (χ2n) is 4.57. The number of carbonyl (C=O) groups is 1. The number of rotatable bonds is 1. The van der Waals surface area contributed by atoms with Crippen LogP contribution in [0.4, 0.5) is 0 Å². The van der Waals surface area contributed by atoms with E-state index < -0.39 is 0 Å². The maximum atomic E-state index is 11.4. The van der Waals surface area contributed by atoms with Gasteiger partial charge in [0.25, 0.3) is 0 Å². The summed E-state index contributed by atoms with van der Waals surface area (Å²) in [6.07, 6.45) is 2.44. The summed E-state index contributed by atoms with van der Waals surface area (Å²) >= 11 is 0. The number of aliphatic hydroxyl groups is 1. The maximum Gasteiger partial charge on any atom is 0.159 e. The number of allylic oxidation sites excluding steroid dienone is 2. The molecule has 2 heteroatoms. The van der Waals surface area contributed by atoms with Crippen molar-refractivity contribution < 1.29 is 9.90 Å². The molecule has 1 aromatic carbocycles. The predicted octanol–water partition coefficient (Wildman–Crippen LogP) is 3.19. The zero-order valence-corrected chi connectivity index (χ0v) is 9.66. The van der Waals surface area contributed by atoms with E-state index in [1.165, 1.54) is 22.8 Å². The standard InChI is InChI=1S/C14H16O2/c1-9-3-4-10(2)14(5-9)11-6-12(15)8-13(16)7-11/h3-5,8,11,15H,6-7H2,1-2H3. The molecule has 1 aliphatic rings. The Morgan fingerprint density at radius 3 is 2.69 bits per heavy atom. The molecule has 0 amide bonds. The molecule has 0 bridgehead atoms. The van der Waals surface area contributed by atoms with Crippen molar-refractivity contribution in [2.45, 2.75) is 32.6 Å². The Hall–Kier alpha value is -1.57. The summed E-state index contributed by atoms with van der Waals surface area (Å²) in [5.41, 5.74) is 3.58. The van der Waals surface area contributed by atoms with Gasteiger partial charge >= 0.3 is 0 Å². The van der Waals surface area contributed by atoms with Crippen molar-refractivity contribution in [3.63, 3.8) is 0 Å². The third kappa shape index (κ3) is 2.16. The first-order valence-electron chi connectivity index (χ1n) is 5.56. The zero-order chi connectivity index (χ0) is 11.7. The van der Waals surface area contributed by atoms with Crippen molar-refractivity contribution in [3.05, 3.63) is 46.7 Å². The summed E-state index contributed by atoms with van der Waals surface area (Å²) in [5, 5.41) is 9.51. The van der Waals surface area contributed by atoms with Gasteiger partial charge in [0.2, 0.25) is 0 Å². The minimum atomic E-state index is 0.0228. The molecule has 0 heterocycles. The smallest absolute Gasteiger partial charge is 0.159 e. The van der Waals surface area contributed by atoms with Crippen molar-refractivity contribution >= 4 is 5.78 Å². The van der Waals surface area contributed by atoms with Crippen LogP contribution in [0.15, 0.2) is 30.0 Å². The molecule has 1 N–H and O–H groups in total. The fourth-order valence-electron chi connectivity index (χ4n) is 2.29. The predicted molar refractivity (Wildman–Crippen MR) is 63.6 cm³/mol. The molecule has 0 fully saturated rings. The SMILES string of the molecule is Cc1ccc(C)c(C2CC(=O)C=C(O)C2)c1. The molecule has 0 radical (unpaired) electrons. The van der Waals surface area contributed by atoms with Crippen LogP contribution in [0.2, 0.25) is 0 Å². The minimum Gasteiger partial charge on any atom is -0.512 e. The first-order valence-corrected chi connectivity index (χ1v) is 5.56. The number of hydrogen-bond acceptors (Lipinski definition) is 2. The number of aliphatic hydroxyl groups excluding tert-OH is 1. The molecule has 0 aromatic heterocycles. The summed E-state index contributed by atoms with van der Waals surface area (Å²) in [6.45, 7) is 4.10. The lowest BCUT2D eigenvalue weighted by Crippen LogP contribution is -2.13. The van der Waals surface area contributed by atoms with E-state index in [0.29, 0.717) is 12.8 Å². The number of hydrogen-bond donors (Lipinski definition) is 1. The van der Waals surface area contributed by atoms with Crippen LogP contribution in [0, 0.1) is 13.8 Å². The van der Waals surface area contributed by atoms with Gasteiger partial charge in [0.1, 0.15) is 0 Å². The first-order chi connectivity index (χ1) is 7.56. The van der Waals surface area contributed by atoms with E-state index in [0.717, 1.165) is 0 Å². The van der Waals surface area contributed by atoms with Crippen molar-refractivity contribution in [2.75, 3.05) is 0 Å². The van der Waals surface area contributed by atoms with Crippen molar-refractivity contribution in [1.29, 1.82) is 0 Å². The number of aryl methyl sites for hydroxylation is 2. The lowest BCUT2D eigenvalue weighted by Gasteiger charge is -2.21. The monoisotopic (exact) mass is 216 g/mol. The Kier molecular flexibility index (Phi) is 2.82. The highest BCUT2D eigenvalue weighted by atomic mass is 16.3. The Bertz CT molecular complexity index is 458. The van der Waals surface area contributed by atoms with Gasteiger partial charge in [-0.2, -0.15) is 0 Å². The largest absolute Gasteiger partial charge is 0.512 e. The molecule has 0 aliphatic heterocycles. The van der Waals surface area contributed by atoms with Crippen molar-refractivity contribution in [3.8, 4) is 0 Å². The van der Waals surface area contributed by atoms with Crippen LogP contribution in [-0.4, -0.2) is 10.9 Å². The fraction of sp³-hybridized carbons (Fsp3) is 0.357. The Morgan fingerprint density at radius 1 is 1.25 bits per heavy atom. The molecular formula is C14H16O2. The van der Waals surface area contributed by atoms with Gasteiger partial charge in [0, 0.05) is 18.9 Å². The van der Waals surface area contributed by atoms with Gasteiger partial charge in [-0.3, -0.25) is 4.79 Å². The summed E-state index contributed by atoms with van der Waals surface area (Å²) in [6, 6.07) is 6.26. The maximum absolute atomic E-state index is 11.4. The summed E-state index contributed by atoms with van der Waals surface area (Å²) in [4.78, 5) is 11.4. The van der Waals surface area contributed by atoms with Crippen LogP contribution in [0.1, 0.15) is 35.4 Å². The van der Waals surface area contributed by atoms with Crippen LogP contribution in [0.25, 0.3) is 0 Å². The highest BCUT2D eigenvalue weighted by molar-refractivity contribution is 5.91. The van der Waals surface area contributed by atoms with E-state index in [1.54, 1.807) is 0 Å². The average molecular weight is 216 g/mol. The van der Waals surface area contributed by atoms with Crippen molar-refractivity contribution in [1.82, 2.24) is 0 Å². The van der Waals surface area contributed by atoms with E-state index in [2.05, 4.69) is 25.1 Å². The molecule has 1 aliphatic carbocycles. The van der Waals surface area contributed by atoms with Crippen LogP contribution in [0.5, 0.6) is 0 Å². The van der Waals surface area contributed by atoms with Crippen LogP contribution >= 0.6 is 0 Å². The molecule has 84 valence electrons. The van der Waals surface area contributed by atoms with Gasteiger partial charge in [-0.1, -0.05) is 23.8 Å². The van der Waals surface area contributed by atoms with E-state index in [1.807, 2.05) is 6.92 Å². The molecule has 1 unspecified atom stereocenters. The van der Waals surface area contributed by atoms with E-state index >= 15 is 0 Å². The van der Waals surface area contributed by atoms with Gasteiger partial charge in [-0.25, -0.2) is 0 Å². The van der Waals surface area contributed by atoms with Gasteiger partial charge in [-0.15, -0.1) is 0 Å². The zero-order valence-electron chi connectivity index (χ0n) is 9.66. The van der Waals surface area contributed by atoms with Crippen LogP contribution in [0.3, 0.4) is 0 Å². The molecule has 0 saturated carbocycles. The molecule has 1 aromatic rings. The fourth-order valence-corrected chi connectivity index (χ4v) is 2.29. The average Bonchev–Trinajstić information content (AvgIpc) is 2.20. The Morgan fingerprint density at radius 2 is 2.00 bits per heavy atom. The lowest BCUT2D eigenvalue weighted by molar-refractivity contribution is -0.115. The van der Waals surface area contributed by atoms with E-state index in [4.69, 9.17) is 0 Å². The Balaban J connectivity index is 2.35. The molecule has 16 heavy (non-hydrogen) atoms. The van der Waals surface area contributed by atoms with Gasteiger partial charge in [0.15, 0.2) is 5.78 Å².